The first-order valence-corrected chi connectivity index (χ1v) is 8.33. The lowest BCUT2D eigenvalue weighted by molar-refractivity contribution is -0.185. The Morgan fingerprint density at radius 2 is 2.08 bits per heavy atom. The SMILES string of the molecule is CC(C)(C)OC(=O)N1O[C@H]2C[C@@H]1[C@H]1[C@@H]2N=NN1Cc1ccccc1. The molecule has 1 aromatic rings. The Morgan fingerprint density at radius 1 is 1.33 bits per heavy atom. The van der Waals surface area contributed by atoms with Gasteiger partial charge in [0.2, 0.25) is 0 Å². The van der Waals surface area contributed by atoms with Crippen LogP contribution in [0.25, 0.3) is 0 Å². The number of hydroxylamine groups is 2. The Morgan fingerprint density at radius 3 is 2.79 bits per heavy atom. The molecule has 0 N–H and O–H groups in total. The van der Waals surface area contributed by atoms with E-state index in [1.165, 1.54) is 10.6 Å². The summed E-state index contributed by atoms with van der Waals surface area (Å²) in [6.07, 6.45) is 0.246. The summed E-state index contributed by atoms with van der Waals surface area (Å²) in [6.45, 7) is 6.23. The second kappa shape index (κ2) is 5.44. The van der Waals surface area contributed by atoms with Gasteiger partial charge in [-0.05, 0) is 26.3 Å². The largest absolute Gasteiger partial charge is 0.442 e. The normalized spacial score (nSPS) is 30.8. The van der Waals surface area contributed by atoms with Crippen LogP contribution in [0.1, 0.15) is 32.8 Å². The number of rotatable bonds is 2. The predicted octanol–water partition coefficient (Wildman–Crippen LogP) is 2.93. The van der Waals surface area contributed by atoms with Gasteiger partial charge < -0.3 is 4.74 Å². The van der Waals surface area contributed by atoms with E-state index in [4.69, 9.17) is 9.57 Å². The third-order valence-corrected chi connectivity index (χ3v) is 4.55. The molecular weight excluding hydrogens is 308 g/mol. The number of fused-ring (bicyclic) bond motifs is 5. The van der Waals surface area contributed by atoms with Crippen LogP contribution in [0.4, 0.5) is 4.79 Å². The highest BCUT2D eigenvalue weighted by Crippen LogP contribution is 2.44. The molecule has 24 heavy (non-hydrogen) atoms. The fourth-order valence-corrected chi connectivity index (χ4v) is 3.62. The molecule has 128 valence electrons. The second-order valence-electron chi connectivity index (χ2n) is 7.52. The van der Waals surface area contributed by atoms with E-state index in [0.717, 1.165) is 6.42 Å². The summed E-state index contributed by atoms with van der Waals surface area (Å²) in [5.74, 6) is 0. The van der Waals surface area contributed by atoms with Crippen LogP contribution in [-0.4, -0.2) is 46.0 Å². The molecule has 4 atom stereocenters. The van der Waals surface area contributed by atoms with E-state index in [9.17, 15) is 4.79 Å². The molecule has 2 fully saturated rings. The first-order valence-electron chi connectivity index (χ1n) is 8.33. The highest BCUT2D eigenvalue weighted by atomic mass is 16.7. The molecule has 0 spiro atoms. The van der Waals surface area contributed by atoms with Gasteiger partial charge >= 0.3 is 6.09 Å². The number of carbonyl (C=O) groups is 1. The number of hydrogen-bond donors (Lipinski definition) is 0. The van der Waals surface area contributed by atoms with Crippen molar-refractivity contribution >= 4 is 6.09 Å². The van der Waals surface area contributed by atoms with E-state index in [-0.39, 0.29) is 24.2 Å². The van der Waals surface area contributed by atoms with Crippen molar-refractivity contribution in [3.8, 4) is 0 Å². The molecule has 1 amide bonds. The Hall–Kier alpha value is -2.15. The Bertz CT molecular complexity index is 658. The van der Waals surface area contributed by atoms with Crippen molar-refractivity contribution in [2.45, 2.75) is 63.6 Å². The maximum absolute atomic E-state index is 12.4. The Labute approximate surface area is 141 Å². The lowest BCUT2D eigenvalue weighted by Crippen LogP contribution is -2.54. The van der Waals surface area contributed by atoms with Gasteiger partial charge in [-0.1, -0.05) is 35.6 Å². The summed E-state index contributed by atoms with van der Waals surface area (Å²) in [5, 5.41) is 12.1. The van der Waals surface area contributed by atoms with E-state index in [1.54, 1.807) is 0 Å². The molecule has 1 aromatic carbocycles. The molecule has 2 heterocycles. The van der Waals surface area contributed by atoms with Gasteiger partial charge in [-0.25, -0.2) is 4.79 Å². The molecule has 3 aliphatic rings. The van der Waals surface area contributed by atoms with Crippen molar-refractivity contribution in [2.75, 3.05) is 0 Å². The van der Waals surface area contributed by atoms with Crippen LogP contribution < -0.4 is 0 Å². The molecule has 0 unspecified atom stereocenters. The minimum absolute atomic E-state index is 0.00241. The van der Waals surface area contributed by atoms with Crippen molar-refractivity contribution < 1.29 is 14.4 Å². The molecule has 1 saturated heterocycles. The zero-order valence-corrected chi connectivity index (χ0v) is 14.1. The third-order valence-electron chi connectivity index (χ3n) is 4.55. The minimum atomic E-state index is -0.546. The van der Waals surface area contributed by atoms with Gasteiger partial charge in [0.25, 0.3) is 0 Å². The lowest BCUT2D eigenvalue weighted by atomic mass is 10.1. The van der Waals surface area contributed by atoms with Gasteiger partial charge in [-0.2, -0.15) is 10.2 Å². The van der Waals surface area contributed by atoms with Crippen molar-refractivity contribution in [3.63, 3.8) is 0 Å². The summed E-state index contributed by atoms with van der Waals surface area (Å²) < 4.78 is 5.46. The van der Waals surface area contributed by atoms with Crippen LogP contribution in [0.3, 0.4) is 0 Å². The van der Waals surface area contributed by atoms with Crippen molar-refractivity contribution in [1.82, 2.24) is 10.1 Å². The molecule has 0 radical (unpaired) electrons. The first-order chi connectivity index (χ1) is 11.4. The number of amides is 1. The maximum Gasteiger partial charge on any atom is 0.434 e. The molecule has 2 bridgehead atoms. The van der Waals surface area contributed by atoms with Crippen LogP contribution in [0, 0.1) is 0 Å². The van der Waals surface area contributed by atoms with E-state index >= 15 is 0 Å². The topological polar surface area (TPSA) is 66.7 Å². The highest BCUT2D eigenvalue weighted by Gasteiger charge is 2.60. The quantitative estimate of drug-likeness (QED) is 0.836. The zero-order chi connectivity index (χ0) is 16.9. The predicted molar refractivity (Wildman–Crippen MR) is 85.8 cm³/mol. The summed E-state index contributed by atoms with van der Waals surface area (Å²) >= 11 is 0. The average molecular weight is 330 g/mol. The number of ether oxygens (including phenoxy) is 1. The smallest absolute Gasteiger partial charge is 0.434 e. The maximum atomic E-state index is 12.4. The molecule has 1 aliphatic carbocycles. The van der Waals surface area contributed by atoms with Crippen LogP contribution in [0.5, 0.6) is 0 Å². The van der Waals surface area contributed by atoms with Crippen molar-refractivity contribution in [3.05, 3.63) is 35.9 Å². The molecule has 7 heteroatoms. The molecular formula is C17H22N4O3. The third kappa shape index (κ3) is 2.62. The molecule has 4 rings (SSSR count). The van der Waals surface area contributed by atoms with Gasteiger partial charge in [0.05, 0.1) is 18.6 Å². The summed E-state index contributed by atoms with van der Waals surface area (Å²) in [4.78, 5) is 18.2. The summed E-state index contributed by atoms with van der Waals surface area (Å²) in [6, 6.07) is 10.1. The molecule has 2 aliphatic heterocycles. The van der Waals surface area contributed by atoms with Crippen molar-refractivity contribution in [1.29, 1.82) is 0 Å². The van der Waals surface area contributed by atoms with Crippen molar-refractivity contribution in [2.24, 2.45) is 10.3 Å². The fourth-order valence-electron chi connectivity index (χ4n) is 3.62. The van der Waals surface area contributed by atoms with Crippen LogP contribution in [0.15, 0.2) is 40.7 Å². The van der Waals surface area contributed by atoms with Crippen LogP contribution >= 0.6 is 0 Å². The summed E-state index contributed by atoms with van der Waals surface area (Å²) in [7, 11) is 0. The highest BCUT2D eigenvalue weighted by molar-refractivity contribution is 5.68. The monoisotopic (exact) mass is 330 g/mol. The fraction of sp³-hybridized carbons (Fsp3) is 0.588. The van der Waals surface area contributed by atoms with Crippen LogP contribution in [-0.2, 0) is 16.1 Å². The Balaban J connectivity index is 1.49. The second-order valence-corrected chi connectivity index (χ2v) is 7.52. The standard InChI is InChI=1S/C17H22N4O3/c1-17(2,3)23-16(22)21-12-9-13(24-21)14-15(12)20(19-18-14)10-11-7-5-4-6-8-11/h4-8,12-15H,9-10H2,1-3H3/t12-,13+,14-,15+/m1/s1. The first kappa shape index (κ1) is 15.4. The van der Waals surface area contributed by atoms with Gasteiger partial charge in [0.15, 0.2) is 0 Å². The van der Waals surface area contributed by atoms with E-state index < -0.39 is 11.7 Å². The van der Waals surface area contributed by atoms with Gasteiger partial charge in [-0.3, -0.25) is 9.85 Å². The number of hydrogen-bond acceptors (Lipinski definition) is 6. The number of benzene rings is 1. The number of carbonyl (C=O) groups excluding carboxylic acids is 1. The van der Waals surface area contributed by atoms with Gasteiger partial charge in [0, 0.05) is 6.42 Å². The Kier molecular flexibility index (Phi) is 3.49. The molecule has 1 saturated carbocycles. The van der Waals surface area contributed by atoms with E-state index in [1.807, 2.05) is 44.0 Å². The number of nitrogens with zero attached hydrogens (tertiary/aromatic N) is 4. The van der Waals surface area contributed by atoms with Gasteiger partial charge in [-0.15, -0.1) is 0 Å². The van der Waals surface area contributed by atoms with E-state index in [2.05, 4.69) is 22.5 Å². The van der Waals surface area contributed by atoms with Gasteiger partial charge in [0.1, 0.15) is 17.7 Å². The molecule has 7 nitrogen and oxygen atoms in total. The van der Waals surface area contributed by atoms with E-state index in [0.29, 0.717) is 6.54 Å². The minimum Gasteiger partial charge on any atom is -0.442 e. The zero-order valence-electron chi connectivity index (χ0n) is 14.1. The van der Waals surface area contributed by atoms with Crippen LogP contribution in [0.2, 0.25) is 0 Å². The lowest BCUT2D eigenvalue weighted by Gasteiger charge is -2.36. The molecule has 0 aromatic heterocycles. The summed E-state index contributed by atoms with van der Waals surface area (Å²) in [5.41, 5.74) is 0.625. The average Bonchev–Trinajstić information content (AvgIpc) is 3.18.